The van der Waals surface area contributed by atoms with E-state index in [2.05, 4.69) is 0 Å². The molecule has 3 nitrogen and oxygen atoms in total. The van der Waals surface area contributed by atoms with Crippen molar-refractivity contribution in [2.24, 2.45) is 17.8 Å². The van der Waals surface area contributed by atoms with Gasteiger partial charge in [0.1, 0.15) is 5.78 Å². The molecule has 1 fully saturated rings. The quantitative estimate of drug-likeness (QED) is 0.724. The summed E-state index contributed by atoms with van der Waals surface area (Å²) in [6, 6.07) is 0. The molecular formula is C12H18O3. The Kier molecular flexibility index (Phi) is 4.06. The molecule has 1 aliphatic carbocycles. The second-order valence-corrected chi connectivity index (χ2v) is 4.30. The smallest absolute Gasteiger partial charge is 0.306 e. The van der Waals surface area contributed by atoms with E-state index in [0.29, 0.717) is 12.8 Å². The van der Waals surface area contributed by atoms with Crippen molar-refractivity contribution in [1.82, 2.24) is 0 Å². The number of carboxylic acids is 1. The summed E-state index contributed by atoms with van der Waals surface area (Å²) < 4.78 is 0. The number of Topliss-reactive ketones (excluding diaryl/α,β-unsaturated/α-hetero) is 1. The van der Waals surface area contributed by atoms with Crippen LogP contribution in [0.2, 0.25) is 0 Å². The first-order valence-electron chi connectivity index (χ1n) is 5.42. The molecule has 0 spiro atoms. The van der Waals surface area contributed by atoms with Crippen LogP contribution in [0.25, 0.3) is 0 Å². The minimum atomic E-state index is -0.792. The molecule has 3 heteroatoms. The van der Waals surface area contributed by atoms with Crippen molar-refractivity contribution >= 4 is 11.8 Å². The summed E-state index contributed by atoms with van der Waals surface area (Å²) >= 11 is 0. The van der Waals surface area contributed by atoms with Gasteiger partial charge in [-0.2, -0.15) is 0 Å². The normalized spacial score (nSPS) is 28.5. The highest BCUT2D eigenvalue weighted by atomic mass is 16.4. The molecule has 0 saturated heterocycles. The zero-order valence-corrected chi connectivity index (χ0v) is 9.27. The Morgan fingerprint density at radius 3 is 2.80 bits per heavy atom. The van der Waals surface area contributed by atoms with Gasteiger partial charge in [0.15, 0.2) is 0 Å². The van der Waals surface area contributed by atoms with Gasteiger partial charge in [0.2, 0.25) is 0 Å². The highest BCUT2D eigenvalue weighted by Crippen LogP contribution is 2.37. The number of ketones is 1. The monoisotopic (exact) mass is 210 g/mol. The molecule has 0 aromatic rings. The molecule has 1 rings (SSSR count). The van der Waals surface area contributed by atoms with E-state index in [4.69, 9.17) is 5.11 Å². The number of carboxylic acid groups (broad SMARTS) is 1. The van der Waals surface area contributed by atoms with Crippen molar-refractivity contribution in [3.63, 3.8) is 0 Å². The zero-order chi connectivity index (χ0) is 11.4. The molecule has 0 aromatic heterocycles. The van der Waals surface area contributed by atoms with Crippen molar-refractivity contribution in [2.75, 3.05) is 0 Å². The fraction of sp³-hybridized carbons (Fsp3) is 0.667. The minimum Gasteiger partial charge on any atom is -0.481 e. The minimum absolute atomic E-state index is 0.0196. The van der Waals surface area contributed by atoms with Crippen molar-refractivity contribution in [3.8, 4) is 0 Å². The first-order chi connectivity index (χ1) is 7.06. The summed E-state index contributed by atoms with van der Waals surface area (Å²) in [5.41, 5.74) is 0. The number of allylic oxidation sites excluding steroid dienone is 2. The Bertz CT molecular complexity index is 281. The fourth-order valence-corrected chi connectivity index (χ4v) is 2.29. The number of carbonyl (C=O) groups is 2. The van der Waals surface area contributed by atoms with Crippen molar-refractivity contribution in [1.29, 1.82) is 0 Å². The molecule has 1 aliphatic rings. The van der Waals surface area contributed by atoms with E-state index in [-0.39, 0.29) is 17.6 Å². The van der Waals surface area contributed by atoms with Gasteiger partial charge in [-0.3, -0.25) is 9.59 Å². The van der Waals surface area contributed by atoms with Gasteiger partial charge in [0.25, 0.3) is 0 Å². The first kappa shape index (κ1) is 12.0. The summed E-state index contributed by atoms with van der Waals surface area (Å²) in [6.45, 7) is 3.64. The highest BCUT2D eigenvalue weighted by molar-refractivity contribution is 5.82. The number of carbonyl (C=O) groups excluding carboxylic acids is 1. The van der Waals surface area contributed by atoms with Gasteiger partial charge in [0, 0.05) is 12.8 Å². The third-order valence-corrected chi connectivity index (χ3v) is 3.27. The van der Waals surface area contributed by atoms with E-state index in [0.717, 1.165) is 6.42 Å². The van der Waals surface area contributed by atoms with Gasteiger partial charge in [-0.05, 0) is 25.2 Å². The molecular weight excluding hydrogens is 192 g/mol. The van der Waals surface area contributed by atoms with Crippen molar-refractivity contribution < 1.29 is 14.7 Å². The molecule has 1 N–H and O–H groups in total. The van der Waals surface area contributed by atoms with Crippen LogP contribution in [0.4, 0.5) is 0 Å². The maximum atomic E-state index is 11.3. The van der Waals surface area contributed by atoms with Gasteiger partial charge in [-0.1, -0.05) is 19.1 Å². The van der Waals surface area contributed by atoms with Crippen LogP contribution in [-0.4, -0.2) is 16.9 Å². The maximum Gasteiger partial charge on any atom is 0.306 e. The second-order valence-electron chi connectivity index (χ2n) is 4.30. The Morgan fingerprint density at radius 1 is 1.60 bits per heavy atom. The Morgan fingerprint density at radius 2 is 2.27 bits per heavy atom. The molecule has 1 unspecified atom stereocenters. The van der Waals surface area contributed by atoms with Gasteiger partial charge in [-0.25, -0.2) is 0 Å². The van der Waals surface area contributed by atoms with E-state index in [1.807, 2.05) is 19.1 Å². The van der Waals surface area contributed by atoms with Crippen LogP contribution in [0.15, 0.2) is 12.2 Å². The van der Waals surface area contributed by atoms with Gasteiger partial charge in [0.05, 0.1) is 5.92 Å². The van der Waals surface area contributed by atoms with E-state index < -0.39 is 11.9 Å². The van der Waals surface area contributed by atoms with Gasteiger partial charge in [-0.15, -0.1) is 0 Å². The van der Waals surface area contributed by atoms with E-state index in [9.17, 15) is 9.59 Å². The third-order valence-electron chi connectivity index (χ3n) is 3.27. The van der Waals surface area contributed by atoms with Crippen LogP contribution in [0.5, 0.6) is 0 Å². The van der Waals surface area contributed by atoms with E-state index in [1.54, 1.807) is 6.92 Å². The summed E-state index contributed by atoms with van der Waals surface area (Å²) in [4.78, 5) is 22.2. The average molecular weight is 210 g/mol. The lowest BCUT2D eigenvalue weighted by atomic mass is 9.83. The number of aliphatic carboxylic acids is 1. The molecule has 0 radical (unpaired) electrons. The predicted octanol–water partition coefficient (Wildman–Crippen LogP) is 2.27. The lowest BCUT2D eigenvalue weighted by Gasteiger charge is -2.20. The molecule has 84 valence electrons. The second kappa shape index (κ2) is 5.10. The predicted molar refractivity (Wildman–Crippen MR) is 57.5 cm³/mol. The van der Waals surface area contributed by atoms with Gasteiger partial charge >= 0.3 is 5.97 Å². The molecule has 0 bridgehead atoms. The lowest BCUT2D eigenvalue weighted by Crippen LogP contribution is -2.23. The summed E-state index contributed by atoms with van der Waals surface area (Å²) in [6.07, 6.45) is 5.78. The average Bonchev–Trinajstić information content (AvgIpc) is 2.55. The molecule has 0 amide bonds. The molecule has 0 aliphatic heterocycles. The van der Waals surface area contributed by atoms with Crippen molar-refractivity contribution in [2.45, 2.75) is 33.1 Å². The molecule has 1 saturated carbocycles. The summed E-state index contributed by atoms with van der Waals surface area (Å²) in [5.74, 6) is -0.750. The first-order valence-corrected chi connectivity index (χ1v) is 5.42. The Labute approximate surface area is 90.2 Å². The third kappa shape index (κ3) is 2.91. The van der Waals surface area contributed by atoms with E-state index in [1.165, 1.54) is 0 Å². The van der Waals surface area contributed by atoms with Gasteiger partial charge < -0.3 is 5.11 Å². The molecule has 3 atom stereocenters. The van der Waals surface area contributed by atoms with Crippen LogP contribution < -0.4 is 0 Å². The maximum absolute atomic E-state index is 11.3. The summed E-state index contributed by atoms with van der Waals surface area (Å²) in [5, 5.41) is 8.94. The summed E-state index contributed by atoms with van der Waals surface area (Å²) in [7, 11) is 0. The molecule has 0 heterocycles. The SMILES string of the molecule is CC=CC[C@@H]1CC(=O)C[C@@H]1C(C)C(=O)O. The lowest BCUT2D eigenvalue weighted by molar-refractivity contribution is -0.143. The number of hydrogen-bond acceptors (Lipinski definition) is 2. The van der Waals surface area contributed by atoms with Crippen molar-refractivity contribution in [3.05, 3.63) is 12.2 Å². The molecule has 0 aromatic carbocycles. The van der Waals surface area contributed by atoms with Crippen LogP contribution in [0.1, 0.15) is 33.1 Å². The zero-order valence-electron chi connectivity index (χ0n) is 9.27. The van der Waals surface area contributed by atoms with Crippen LogP contribution >= 0.6 is 0 Å². The van der Waals surface area contributed by atoms with Crippen LogP contribution in [0.3, 0.4) is 0 Å². The Hall–Kier alpha value is -1.12. The van der Waals surface area contributed by atoms with Crippen LogP contribution in [-0.2, 0) is 9.59 Å². The highest BCUT2D eigenvalue weighted by Gasteiger charge is 2.38. The standard InChI is InChI=1S/C12H18O3/c1-3-4-5-9-6-10(13)7-11(9)8(2)12(14)15/h3-4,8-9,11H,5-7H2,1-2H3,(H,14,15)/t8?,9-,11-/m1/s1. The fourth-order valence-electron chi connectivity index (χ4n) is 2.29. The topological polar surface area (TPSA) is 54.4 Å². The van der Waals surface area contributed by atoms with E-state index >= 15 is 0 Å². The largest absolute Gasteiger partial charge is 0.481 e. The Balaban J connectivity index is 2.67. The number of rotatable bonds is 4. The van der Waals surface area contributed by atoms with Crippen LogP contribution in [0, 0.1) is 17.8 Å². The number of hydrogen-bond donors (Lipinski definition) is 1. The molecule has 15 heavy (non-hydrogen) atoms.